The first-order valence-corrected chi connectivity index (χ1v) is 12.0. The van der Waals surface area contributed by atoms with Crippen LogP contribution in [0, 0.1) is 6.92 Å². The van der Waals surface area contributed by atoms with Gasteiger partial charge in [0, 0.05) is 5.02 Å². The van der Waals surface area contributed by atoms with Gasteiger partial charge in [-0.15, -0.1) is 0 Å². The van der Waals surface area contributed by atoms with E-state index >= 15 is 0 Å². The molecule has 7 heteroatoms. The molecule has 0 aliphatic heterocycles. The van der Waals surface area contributed by atoms with Crippen molar-refractivity contribution in [2.75, 3.05) is 17.1 Å². The predicted molar refractivity (Wildman–Crippen MR) is 118 cm³/mol. The van der Waals surface area contributed by atoms with Gasteiger partial charge in [-0.3, -0.25) is 9.10 Å². The zero-order chi connectivity index (χ0) is 21.2. The number of nitrogens with one attached hydrogen (secondary N) is 1. The number of fused-ring (bicyclic) bond motifs is 1. The molecular formula is C22H27ClN2O3S. The summed E-state index contributed by atoms with van der Waals surface area (Å²) in [5.74, 6) is -0.361. The minimum absolute atomic E-state index is 0.211. The van der Waals surface area contributed by atoms with E-state index in [-0.39, 0.29) is 18.5 Å². The zero-order valence-corrected chi connectivity index (χ0v) is 18.6. The maximum absolute atomic E-state index is 12.7. The number of rotatable bonds is 6. The quantitative estimate of drug-likeness (QED) is 0.741. The van der Waals surface area contributed by atoms with E-state index in [0.717, 1.165) is 34.5 Å². The van der Waals surface area contributed by atoms with E-state index in [2.05, 4.69) is 17.4 Å². The molecule has 1 atom stereocenters. The summed E-state index contributed by atoms with van der Waals surface area (Å²) in [5.41, 5.74) is 4.91. The van der Waals surface area contributed by atoms with Crippen LogP contribution in [0.2, 0.25) is 5.02 Å². The lowest BCUT2D eigenvalue weighted by Gasteiger charge is -2.25. The Morgan fingerprint density at radius 2 is 1.83 bits per heavy atom. The van der Waals surface area contributed by atoms with E-state index < -0.39 is 10.0 Å². The first kappa shape index (κ1) is 21.7. The molecular weight excluding hydrogens is 408 g/mol. The molecule has 156 valence electrons. The standard InChI is InChI=1S/C22H27ClN2O3S/c1-15-8-11-20(23)13-21(15)25(29(3,27)28)14-22(26)24-16(2)18-10-9-17-6-4-5-7-19(17)12-18/h8-13,16H,4-7,14H2,1-3H3,(H,24,26)/t16-/m0/s1. The summed E-state index contributed by atoms with van der Waals surface area (Å²) in [7, 11) is -3.65. The largest absolute Gasteiger partial charge is 0.348 e. The van der Waals surface area contributed by atoms with Gasteiger partial charge in [0.2, 0.25) is 15.9 Å². The summed E-state index contributed by atoms with van der Waals surface area (Å²) in [6.07, 6.45) is 5.69. The normalized spacial score (nSPS) is 14.8. The van der Waals surface area contributed by atoms with Gasteiger partial charge in [-0.05, 0) is 73.9 Å². The van der Waals surface area contributed by atoms with E-state index in [1.54, 1.807) is 25.1 Å². The van der Waals surface area contributed by atoms with Gasteiger partial charge in [0.25, 0.3) is 0 Å². The first-order chi connectivity index (χ1) is 13.6. The van der Waals surface area contributed by atoms with E-state index in [1.165, 1.54) is 24.0 Å². The molecule has 0 aromatic heterocycles. The van der Waals surface area contributed by atoms with Gasteiger partial charge in [0.1, 0.15) is 6.54 Å². The van der Waals surface area contributed by atoms with Crippen LogP contribution >= 0.6 is 11.6 Å². The number of sulfonamides is 1. The maximum Gasteiger partial charge on any atom is 0.241 e. The van der Waals surface area contributed by atoms with E-state index in [0.29, 0.717) is 10.7 Å². The lowest BCUT2D eigenvalue weighted by molar-refractivity contribution is -0.120. The number of aryl methyl sites for hydroxylation is 3. The van der Waals surface area contributed by atoms with Crippen molar-refractivity contribution < 1.29 is 13.2 Å². The summed E-state index contributed by atoms with van der Waals surface area (Å²) < 4.78 is 25.8. The molecule has 29 heavy (non-hydrogen) atoms. The fourth-order valence-corrected chi connectivity index (χ4v) is 4.83. The minimum atomic E-state index is -3.65. The fourth-order valence-electron chi connectivity index (χ4n) is 3.76. The number of halogens is 1. The van der Waals surface area contributed by atoms with Crippen molar-refractivity contribution in [1.29, 1.82) is 0 Å². The Kier molecular flexibility index (Phi) is 6.54. The van der Waals surface area contributed by atoms with Gasteiger partial charge in [-0.1, -0.05) is 35.9 Å². The van der Waals surface area contributed by atoms with Crippen LogP contribution in [0.1, 0.15) is 48.1 Å². The molecule has 1 N–H and O–H groups in total. The number of hydrogen-bond donors (Lipinski definition) is 1. The first-order valence-electron chi connectivity index (χ1n) is 9.80. The Bertz CT molecular complexity index is 1020. The van der Waals surface area contributed by atoms with Crippen molar-refractivity contribution in [3.8, 4) is 0 Å². The molecule has 1 aliphatic carbocycles. The summed E-state index contributed by atoms with van der Waals surface area (Å²) in [6.45, 7) is 3.41. The van der Waals surface area contributed by atoms with Crippen LogP contribution in [0.5, 0.6) is 0 Å². The minimum Gasteiger partial charge on any atom is -0.348 e. The number of carbonyl (C=O) groups is 1. The maximum atomic E-state index is 12.7. The number of carbonyl (C=O) groups excluding carboxylic acids is 1. The number of amides is 1. The van der Waals surface area contributed by atoms with Crippen LogP contribution in [0.4, 0.5) is 5.69 Å². The van der Waals surface area contributed by atoms with Crippen LogP contribution in [0.15, 0.2) is 36.4 Å². The highest BCUT2D eigenvalue weighted by Crippen LogP contribution is 2.27. The third-order valence-corrected chi connectivity index (χ3v) is 6.74. The number of hydrogen-bond acceptors (Lipinski definition) is 3. The second kappa shape index (κ2) is 8.76. The average Bonchev–Trinajstić information content (AvgIpc) is 2.67. The van der Waals surface area contributed by atoms with Gasteiger partial charge in [-0.2, -0.15) is 0 Å². The Labute approximate surface area is 178 Å². The molecule has 5 nitrogen and oxygen atoms in total. The molecule has 0 fully saturated rings. The Morgan fingerprint density at radius 3 is 2.52 bits per heavy atom. The van der Waals surface area contributed by atoms with Crippen molar-refractivity contribution in [3.05, 3.63) is 63.7 Å². The second-order valence-corrected chi connectivity index (χ2v) is 10.1. The molecule has 1 aliphatic rings. The highest BCUT2D eigenvalue weighted by Gasteiger charge is 2.24. The summed E-state index contributed by atoms with van der Waals surface area (Å²) in [6, 6.07) is 11.1. The molecule has 3 rings (SSSR count). The predicted octanol–water partition coefficient (Wildman–Crippen LogP) is 4.17. The number of benzene rings is 2. The monoisotopic (exact) mass is 434 g/mol. The Balaban J connectivity index is 1.76. The van der Waals surface area contributed by atoms with E-state index in [1.807, 2.05) is 13.0 Å². The third kappa shape index (κ3) is 5.31. The van der Waals surface area contributed by atoms with Crippen molar-refractivity contribution in [2.45, 2.75) is 45.6 Å². The summed E-state index contributed by atoms with van der Waals surface area (Å²) >= 11 is 6.05. The average molecular weight is 435 g/mol. The Hall–Kier alpha value is -2.05. The van der Waals surface area contributed by atoms with E-state index in [4.69, 9.17) is 11.6 Å². The number of nitrogens with zero attached hydrogens (tertiary/aromatic N) is 1. The molecule has 0 unspecified atom stereocenters. The third-order valence-electron chi connectivity index (χ3n) is 5.38. The fraction of sp³-hybridized carbons (Fsp3) is 0.409. The van der Waals surface area contributed by atoms with Gasteiger partial charge in [-0.25, -0.2) is 8.42 Å². The van der Waals surface area contributed by atoms with Crippen LogP contribution in [0.3, 0.4) is 0 Å². The smallest absolute Gasteiger partial charge is 0.241 e. The van der Waals surface area contributed by atoms with Crippen LogP contribution in [-0.4, -0.2) is 27.1 Å². The topological polar surface area (TPSA) is 66.5 Å². The highest BCUT2D eigenvalue weighted by atomic mass is 35.5. The van der Waals surface area contributed by atoms with Crippen molar-refractivity contribution in [3.63, 3.8) is 0 Å². The lowest BCUT2D eigenvalue weighted by atomic mass is 9.89. The van der Waals surface area contributed by atoms with Crippen molar-refractivity contribution >= 4 is 33.2 Å². The molecule has 0 radical (unpaired) electrons. The summed E-state index contributed by atoms with van der Waals surface area (Å²) in [5, 5.41) is 3.35. The van der Waals surface area contributed by atoms with Crippen LogP contribution in [0.25, 0.3) is 0 Å². The second-order valence-electron chi connectivity index (χ2n) is 7.72. The van der Waals surface area contributed by atoms with E-state index in [9.17, 15) is 13.2 Å². The zero-order valence-electron chi connectivity index (χ0n) is 17.0. The van der Waals surface area contributed by atoms with Gasteiger partial charge >= 0.3 is 0 Å². The number of anilines is 1. The highest BCUT2D eigenvalue weighted by molar-refractivity contribution is 7.92. The Morgan fingerprint density at radius 1 is 1.14 bits per heavy atom. The molecule has 1 amide bonds. The van der Waals surface area contributed by atoms with Gasteiger partial charge in [0.05, 0.1) is 18.0 Å². The molecule has 0 heterocycles. The summed E-state index contributed by atoms with van der Waals surface area (Å²) in [4.78, 5) is 12.7. The molecule has 0 saturated carbocycles. The molecule has 0 saturated heterocycles. The van der Waals surface area contributed by atoms with Crippen LogP contribution < -0.4 is 9.62 Å². The van der Waals surface area contributed by atoms with Crippen molar-refractivity contribution in [1.82, 2.24) is 5.32 Å². The SMILES string of the molecule is Cc1ccc(Cl)cc1N(CC(=O)N[C@@H](C)c1ccc2c(c1)CCCC2)S(C)(=O)=O. The van der Waals surface area contributed by atoms with Gasteiger partial charge in [0.15, 0.2) is 0 Å². The molecule has 2 aromatic rings. The molecule has 0 bridgehead atoms. The lowest BCUT2D eigenvalue weighted by Crippen LogP contribution is -2.41. The van der Waals surface area contributed by atoms with Gasteiger partial charge < -0.3 is 5.32 Å². The van der Waals surface area contributed by atoms with Crippen LogP contribution in [-0.2, 0) is 27.7 Å². The van der Waals surface area contributed by atoms with Crippen molar-refractivity contribution in [2.24, 2.45) is 0 Å². The molecule has 0 spiro atoms. The molecule has 2 aromatic carbocycles.